The van der Waals surface area contributed by atoms with Crippen molar-refractivity contribution in [3.8, 4) is 0 Å². The van der Waals surface area contributed by atoms with Crippen LogP contribution < -0.4 is 5.73 Å². The molecule has 1 saturated heterocycles. The van der Waals surface area contributed by atoms with Crippen LogP contribution in [0, 0.1) is 0 Å². The van der Waals surface area contributed by atoms with Crippen LogP contribution in [0.4, 0.5) is 0 Å². The molecule has 1 aromatic rings. The molecule has 2 rings (SSSR count). The van der Waals surface area contributed by atoms with Gasteiger partial charge < -0.3 is 10.6 Å². The van der Waals surface area contributed by atoms with Crippen molar-refractivity contribution in [1.29, 1.82) is 0 Å². The van der Waals surface area contributed by atoms with Crippen LogP contribution in [-0.4, -0.2) is 29.9 Å². The maximum absolute atomic E-state index is 11.9. The third-order valence-electron chi connectivity index (χ3n) is 2.33. The molecule has 2 heterocycles. The average Bonchev–Trinajstić information content (AvgIpc) is 2.73. The van der Waals surface area contributed by atoms with Crippen LogP contribution in [0.5, 0.6) is 0 Å². The number of carbonyl (C=O) groups is 1. The fourth-order valence-corrected chi connectivity index (χ4v) is 2.71. The smallest absolute Gasteiger partial charge is 0.254 e. The number of carbonyl (C=O) groups excluding carboxylic acids is 1. The van der Waals surface area contributed by atoms with Gasteiger partial charge in [-0.05, 0) is 28.4 Å². The third-order valence-corrected chi connectivity index (χ3v) is 3.83. The largest absolute Gasteiger partial charge is 0.337 e. The Morgan fingerprint density at radius 3 is 3.00 bits per heavy atom. The number of likely N-dealkylation sites (tertiary alicyclic amines) is 1. The van der Waals surface area contributed by atoms with E-state index < -0.39 is 0 Å². The molecule has 1 aliphatic heterocycles. The second kappa shape index (κ2) is 4.00. The van der Waals surface area contributed by atoms with E-state index in [9.17, 15) is 4.79 Å². The molecule has 14 heavy (non-hydrogen) atoms. The van der Waals surface area contributed by atoms with E-state index in [1.165, 1.54) is 11.3 Å². The van der Waals surface area contributed by atoms with Gasteiger partial charge in [0.2, 0.25) is 0 Å². The molecule has 0 spiro atoms. The number of thiophene rings is 1. The summed E-state index contributed by atoms with van der Waals surface area (Å²) in [6.07, 6.45) is 0.914. The van der Waals surface area contributed by atoms with Crippen molar-refractivity contribution in [1.82, 2.24) is 4.90 Å². The van der Waals surface area contributed by atoms with Crippen molar-refractivity contribution >= 4 is 33.2 Å². The van der Waals surface area contributed by atoms with Crippen molar-refractivity contribution in [3.63, 3.8) is 0 Å². The highest BCUT2D eigenvalue weighted by molar-refractivity contribution is 9.11. The third kappa shape index (κ3) is 1.99. The first-order valence-corrected chi connectivity index (χ1v) is 6.13. The first-order valence-electron chi connectivity index (χ1n) is 4.45. The highest BCUT2D eigenvalue weighted by Crippen LogP contribution is 2.22. The number of halogens is 1. The van der Waals surface area contributed by atoms with Gasteiger partial charge in [-0.3, -0.25) is 4.79 Å². The van der Waals surface area contributed by atoms with Gasteiger partial charge in [0.1, 0.15) is 0 Å². The molecule has 1 atom stereocenters. The molecule has 0 bridgehead atoms. The molecule has 76 valence electrons. The predicted octanol–water partition coefficient (Wildman–Crippen LogP) is 1.68. The molecule has 1 fully saturated rings. The summed E-state index contributed by atoms with van der Waals surface area (Å²) in [6, 6.07) is 2.01. The minimum absolute atomic E-state index is 0.0971. The Morgan fingerprint density at radius 2 is 2.50 bits per heavy atom. The predicted molar refractivity (Wildman–Crippen MR) is 60.5 cm³/mol. The van der Waals surface area contributed by atoms with Crippen molar-refractivity contribution in [2.45, 2.75) is 12.5 Å². The van der Waals surface area contributed by atoms with Crippen LogP contribution in [0.15, 0.2) is 15.2 Å². The molecule has 0 radical (unpaired) electrons. The Labute approximate surface area is 95.0 Å². The first-order chi connectivity index (χ1) is 6.66. The maximum Gasteiger partial charge on any atom is 0.254 e. The van der Waals surface area contributed by atoms with Gasteiger partial charge in [0.05, 0.1) is 9.35 Å². The molecule has 1 unspecified atom stereocenters. The second-order valence-electron chi connectivity index (χ2n) is 3.44. The highest BCUT2D eigenvalue weighted by Gasteiger charge is 2.24. The second-order valence-corrected chi connectivity index (χ2v) is 5.73. The first kappa shape index (κ1) is 10.1. The zero-order valence-corrected chi connectivity index (χ0v) is 9.97. The van der Waals surface area contributed by atoms with Gasteiger partial charge in [0.25, 0.3) is 5.91 Å². The Bertz CT molecular complexity index is 352. The van der Waals surface area contributed by atoms with E-state index in [0.29, 0.717) is 6.54 Å². The molecule has 1 aromatic heterocycles. The van der Waals surface area contributed by atoms with E-state index in [1.54, 1.807) is 0 Å². The van der Waals surface area contributed by atoms with Gasteiger partial charge in [-0.15, -0.1) is 11.3 Å². The average molecular weight is 275 g/mol. The summed E-state index contributed by atoms with van der Waals surface area (Å²) in [4.78, 5) is 13.7. The van der Waals surface area contributed by atoms with Crippen molar-refractivity contribution in [2.75, 3.05) is 13.1 Å². The van der Waals surface area contributed by atoms with Crippen LogP contribution in [0.3, 0.4) is 0 Å². The lowest BCUT2D eigenvalue weighted by Crippen LogP contribution is -2.31. The highest BCUT2D eigenvalue weighted by atomic mass is 79.9. The molecular formula is C9H11BrN2OS. The molecule has 2 N–H and O–H groups in total. The number of hydrogen-bond donors (Lipinski definition) is 1. The van der Waals surface area contributed by atoms with E-state index in [-0.39, 0.29) is 11.9 Å². The van der Waals surface area contributed by atoms with Gasteiger partial charge in [0, 0.05) is 24.5 Å². The number of amides is 1. The van der Waals surface area contributed by atoms with E-state index in [1.807, 2.05) is 16.3 Å². The lowest BCUT2D eigenvalue weighted by Gasteiger charge is -2.14. The Morgan fingerprint density at radius 1 is 1.71 bits per heavy atom. The zero-order chi connectivity index (χ0) is 10.1. The molecule has 5 heteroatoms. The quantitative estimate of drug-likeness (QED) is 0.847. The lowest BCUT2D eigenvalue weighted by atomic mass is 10.3. The fraction of sp³-hybridized carbons (Fsp3) is 0.444. The monoisotopic (exact) mass is 274 g/mol. The van der Waals surface area contributed by atoms with Crippen LogP contribution in [0.25, 0.3) is 0 Å². The fourth-order valence-electron chi connectivity index (χ4n) is 1.58. The van der Waals surface area contributed by atoms with Gasteiger partial charge in [-0.2, -0.15) is 0 Å². The van der Waals surface area contributed by atoms with Crippen molar-refractivity contribution < 1.29 is 4.79 Å². The van der Waals surface area contributed by atoms with Crippen molar-refractivity contribution in [2.24, 2.45) is 5.73 Å². The Kier molecular flexibility index (Phi) is 2.90. The van der Waals surface area contributed by atoms with E-state index >= 15 is 0 Å². The SMILES string of the molecule is NC1CCN(C(=O)c2csc(Br)c2)C1. The molecule has 0 saturated carbocycles. The Hall–Kier alpha value is -0.390. The summed E-state index contributed by atoms with van der Waals surface area (Å²) in [7, 11) is 0. The van der Waals surface area contributed by atoms with Crippen molar-refractivity contribution in [3.05, 3.63) is 20.8 Å². The van der Waals surface area contributed by atoms with E-state index in [2.05, 4.69) is 15.9 Å². The van der Waals surface area contributed by atoms with Crippen LogP contribution in [0.2, 0.25) is 0 Å². The zero-order valence-electron chi connectivity index (χ0n) is 7.57. The summed E-state index contributed by atoms with van der Waals surface area (Å²) in [5.41, 5.74) is 6.51. The molecule has 1 amide bonds. The van der Waals surface area contributed by atoms with Crippen LogP contribution in [0.1, 0.15) is 16.8 Å². The van der Waals surface area contributed by atoms with Gasteiger partial charge in [-0.25, -0.2) is 0 Å². The summed E-state index contributed by atoms with van der Waals surface area (Å²) in [5.74, 6) is 0.0971. The topological polar surface area (TPSA) is 46.3 Å². The number of hydrogen-bond acceptors (Lipinski definition) is 3. The minimum Gasteiger partial charge on any atom is -0.337 e. The van der Waals surface area contributed by atoms with E-state index in [4.69, 9.17) is 5.73 Å². The normalized spacial score (nSPS) is 21.6. The lowest BCUT2D eigenvalue weighted by molar-refractivity contribution is 0.0791. The van der Waals surface area contributed by atoms with Gasteiger partial charge in [-0.1, -0.05) is 0 Å². The molecule has 0 aromatic carbocycles. The minimum atomic E-state index is 0.0971. The summed E-state index contributed by atoms with van der Waals surface area (Å²) < 4.78 is 0.990. The molecular weight excluding hydrogens is 264 g/mol. The van der Waals surface area contributed by atoms with Gasteiger partial charge >= 0.3 is 0 Å². The summed E-state index contributed by atoms with van der Waals surface area (Å²) in [6.45, 7) is 1.47. The maximum atomic E-state index is 11.9. The van der Waals surface area contributed by atoms with E-state index in [0.717, 1.165) is 22.3 Å². The number of nitrogens with two attached hydrogens (primary N) is 1. The molecule has 0 aliphatic carbocycles. The van der Waals surface area contributed by atoms with Gasteiger partial charge in [0.15, 0.2) is 0 Å². The number of rotatable bonds is 1. The molecule has 3 nitrogen and oxygen atoms in total. The number of nitrogens with zero attached hydrogens (tertiary/aromatic N) is 1. The van der Waals surface area contributed by atoms with Crippen LogP contribution in [-0.2, 0) is 0 Å². The summed E-state index contributed by atoms with van der Waals surface area (Å²) >= 11 is 4.87. The summed E-state index contributed by atoms with van der Waals surface area (Å²) in [5, 5.41) is 1.87. The standard InChI is InChI=1S/C9H11BrN2OS/c10-8-3-6(5-14-8)9(13)12-2-1-7(11)4-12/h3,5,7H,1-2,4,11H2. The Balaban J connectivity index is 2.09. The molecule has 1 aliphatic rings. The van der Waals surface area contributed by atoms with Crippen LogP contribution >= 0.6 is 27.3 Å².